The van der Waals surface area contributed by atoms with Crippen molar-refractivity contribution in [1.82, 2.24) is 38.3 Å². The molecule has 0 bridgehead atoms. The number of ether oxygens (including phenoxy) is 2. The van der Waals surface area contributed by atoms with E-state index in [4.69, 9.17) is 9.47 Å². The van der Waals surface area contributed by atoms with Gasteiger partial charge in [-0.15, -0.1) is 20.4 Å². The first-order valence-corrected chi connectivity index (χ1v) is 22.5. The van der Waals surface area contributed by atoms with Crippen LogP contribution in [-0.4, -0.2) is 78.7 Å². The monoisotopic (exact) mass is 960 g/mol. The molecule has 2 aliphatic heterocycles. The standard InChI is InChI=1S/C23H24BrN5O3.C23H22BrN5O/c1-31-19-9-6-15(12-20(19)32-2)14-28-21(30)17-13-16(24)7-8-18(17)29-22(25-26-23(28)29)27-10-4-3-5-11-27;24-18-11-12-20-19(16-18)21(30)28(15-7-10-17-8-3-1-4-9-17)23-26-25-22(29(20)23)27-13-5-2-6-14-27/h6-9,12-13H,3-5,10-11,14H2,1-2H3;1,3-4,7-12,16H,2,5-6,13-15H2/b;10-7+. The zero-order valence-electron chi connectivity index (χ0n) is 34.6. The molecule has 318 valence electrons. The third kappa shape index (κ3) is 8.08. The van der Waals surface area contributed by atoms with E-state index < -0.39 is 0 Å². The minimum Gasteiger partial charge on any atom is -0.493 e. The Hall–Kier alpha value is -6.00. The highest BCUT2D eigenvalue weighted by Crippen LogP contribution is 2.30. The lowest BCUT2D eigenvalue weighted by molar-refractivity contribution is 0.354. The summed E-state index contributed by atoms with van der Waals surface area (Å²) in [7, 11) is 3.20. The van der Waals surface area contributed by atoms with Crippen molar-refractivity contribution in [3.63, 3.8) is 0 Å². The summed E-state index contributed by atoms with van der Waals surface area (Å²) in [5, 5.41) is 19.2. The molecule has 16 heteroatoms. The van der Waals surface area contributed by atoms with Crippen LogP contribution in [0.1, 0.15) is 49.7 Å². The Morgan fingerprint density at radius 1 is 0.597 bits per heavy atom. The van der Waals surface area contributed by atoms with Crippen molar-refractivity contribution >= 4 is 83.2 Å². The quantitative estimate of drug-likeness (QED) is 0.139. The van der Waals surface area contributed by atoms with E-state index in [2.05, 4.69) is 62.1 Å². The fourth-order valence-electron chi connectivity index (χ4n) is 8.46. The predicted octanol–water partition coefficient (Wildman–Crippen LogP) is 8.37. The summed E-state index contributed by atoms with van der Waals surface area (Å²) in [5.74, 6) is 3.97. The summed E-state index contributed by atoms with van der Waals surface area (Å²) < 4.78 is 19.9. The van der Waals surface area contributed by atoms with E-state index in [1.165, 1.54) is 12.8 Å². The van der Waals surface area contributed by atoms with Crippen molar-refractivity contribution in [2.24, 2.45) is 0 Å². The van der Waals surface area contributed by atoms with Crippen molar-refractivity contribution in [1.29, 1.82) is 0 Å². The number of aromatic nitrogens is 8. The highest BCUT2D eigenvalue weighted by atomic mass is 79.9. The van der Waals surface area contributed by atoms with Gasteiger partial charge < -0.3 is 19.3 Å². The SMILES string of the molecule is COc1ccc(Cn2c(=O)c3cc(Br)ccc3n3c(N4CCCCC4)nnc23)cc1OC.O=c1c2cc(Br)ccc2n2c(N3CCCCC3)nnc2n1C/C=C/c1ccccc1. The number of methoxy groups -OCH3 is 2. The van der Waals surface area contributed by atoms with Crippen LogP contribution in [-0.2, 0) is 13.1 Å². The number of fused-ring (bicyclic) bond motifs is 6. The molecule has 0 radical (unpaired) electrons. The number of benzene rings is 4. The van der Waals surface area contributed by atoms with E-state index >= 15 is 0 Å². The number of anilines is 2. The molecule has 62 heavy (non-hydrogen) atoms. The summed E-state index contributed by atoms with van der Waals surface area (Å²) in [6.07, 6.45) is 11.1. The number of halogens is 2. The minimum absolute atomic E-state index is 0.0610. The average molecular weight is 963 g/mol. The maximum absolute atomic E-state index is 13.6. The number of piperidine rings is 2. The molecule has 8 aromatic rings. The Labute approximate surface area is 374 Å². The van der Waals surface area contributed by atoms with E-state index in [9.17, 15) is 9.59 Å². The highest BCUT2D eigenvalue weighted by Gasteiger charge is 2.24. The highest BCUT2D eigenvalue weighted by molar-refractivity contribution is 9.10. The largest absolute Gasteiger partial charge is 0.493 e. The van der Waals surface area contributed by atoms with Crippen molar-refractivity contribution in [2.45, 2.75) is 51.6 Å². The third-order valence-electron chi connectivity index (χ3n) is 11.6. The summed E-state index contributed by atoms with van der Waals surface area (Å²) in [6.45, 7) is 4.57. The van der Waals surface area contributed by atoms with Gasteiger partial charge in [-0.1, -0.05) is 80.4 Å². The van der Waals surface area contributed by atoms with E-state index in [0.29, 0.717) is 46.9 Å². The fraction of sp³-hybridized carbons (Fsp3) is 0.304. The maximum Gasteiger partial charge on any atom is 0.263 e. The molecule has 2 fully saturated rings. The van der Waals surface area contributed by atoms with Crippen LogP contribution in [0.25, 0.3) is 39.4 Å². The molecule has 0 saturated carbocycles. The molecule has 14 nitrogen and oxygen atoms in total. The second-order valence-electron chi connectivity index (χ2n) is 15.5. The molecule has 4 aromatic heterocycles. The van der Waals surface area contributed by atoms with Crippen LogP contribution in [0.5, 0.6) is 11.5 Å². The van der Waals surface area contributed by atoms with Gasteiger partial charge in [-0.25, -0.2) is 8.80 Å². The van der Waals surface area contributed by atoms with Gasteiger partial charge in [0.25, 0.3) is 11.1 Å². The van der Waals surface area contributed by atoms with Crippen LogP contribution < -0.4 is 30.4 Å². The first kappa shape index (κ1) is 41.4. The minimum atomic E-state index is -0.110. The molecule has 2 saturated heterocycles. The fourth-order valence-corrected chi connectivity index (χ4v) is 9.18. The van der Waals surface area contributed by atoms with E-state index in [1.807, 2.05) is 106 Å². The summed E-state index contributed by atoms with van der Waals surface area (Å²) in [6, 6.07) is 27.3. The molecule has 0 aliphatic carbocycles. The van der Waals surface area contributed by atoms with Crippen molar-refractivity contribution < 1.29 is 9.47 Å². The number of nitrogens with zero attached hydrogens (tertiary/aromatic N) is 10. The van der Waals surface area contributed by atoms with Crippen LogP contribution in [0.15, 0.2) is 110 Å². The first-order valence-electron chi connectivity index (χ1n) is 20.9. The Bertz CT molecular complexity index is 3060. The Morgan fingerprint density at radius 2 is 1.13 bits per heavy atom. The van der Waals surface area contributed by atoms with Gasteiger partial charge in [-0.05, 0) is 98.2 Å². The Morgan fingerprint density at radius 3 is 1.68 bits per heavy atom. The molecule has 0 N–H and O–H groups in total. The van der Waals surface area contributed by atoms with E-state index in [0.717, 1.165) is 94.9 Å². The van der Waals surface area contributed by atoms with Crippen molar-refractivity contribution in [3.05, 3.63) is 132 Å². The maximum atomic E-state index is 13.6. The molecule has 10 rings (SSSR count). The van der Waals surface area contributed by atoms with Gasteiger partial charge in [0, 0.05) is 41.7 Å². The Balaban J connectivity index is 0.000000158. The van der Waals surface area contributed by atoms with E-state index in [-0.39, 0.29) is 11.1 Å². The molecular weight excluding hydrogens is 916 g/mol. The molecular formula is C46H46Br2N10O4. The normalized spacial score (nSPS) is 14.6. The van der Waals surface area contributed by atoms with Gasteiger partial charge >= 0.3 is 0 Å². The van der Waals surface area contributed by atoms with Gasteiger partial charge in [0.2, 0.25) is 23.5 Å². The second kappa shape index (κ2) is 18.2. The molecule has 6 heterocycles. The van der Waals surface area contributed by atoms with Gasteiger partial charge in [0.15, 0.2) is 11.5 Å². The molecule has 0 atom stereocenters. The van der Waals surface area contributed by atoms with Crippen LogP contribution in [0.3, 0.4) is 0 Å². The van der Waals surface area contributed by atoms with Crippen LogP contribution >= 0.6 is 31.9 Å². The second-order valence-corrected chi connectivity index (χ2v) is 17.3. The lowest BCUT2D eigenvalue weighted by Crippen LogP contribution is -2.32. The van der Waals surface area contributed by atoms with E-state index in [1.54, 1.807) is 23.4 Å². The summed E-state index contributed by atoms with van der Waals surface area (Å²) in [4.78, 5) is 31.4. The summed E-state index contributed by atoms with van der Waals surface area (Å²) >= 11 is 7.02. The lowest BCUT2D eigenvalue weighted by atomic mass is 10.1. The van der Waals surface area contributed by atoms with Gasteiger partial charge in [-0.2, -0.15) is 0 Å². The molecule has 0 unspecified atom stereocenters. The predicted molar refractivity (Wildman–Crippen MR) is 251 cm³/mol. The molecule has 0 amide bonds. The Kier molecular flexibility index (Phi) is 12.1. The molecule has 0 spiro atoms. The van der Waals surface area contributed by atoms with Crippen LogP contribution in [0.4, 0.5) is 11.9 Å². The topological polar surface area (TPSA) is 129 Å². The number of allylic oxidation sites excluding steroid dienone is 1. The third-order valence-corrected chi connectivity index (χ3v) is 12.5. The van der Waals surface area contributed by atoms with Gasteiger partial charge in [-0.3, -0.25) is 18.7 Å². The van der Waals surface area contributed by atoms with Gasteiger partial charge in [0.1, 0.15) is 0 Å². The summed E-state index contributed by atoms with van der Waals surface area (Å²) in [5.41, 5.74) is 3.48. The zero-order chi connectivity index (χ0) is 42.7. The zero-order valence-corrected chi connectivity index (χ0v) is 37.8. The number of hydrogen-bond donors (Lipinski definition) is 0. The van der Waals surface area contributed by atoms with Crippen LogP contribution in [0, 0.1) is 0 Å². The van der Waals surface area contributed by atoms with Crippen molar-refractivity contribution in [2.75, 3.05) is 50.2 Å². The smallest absolute Gasteiger partial charge is 0.263 e. The molecule has 2 aliphatic rings. The first-order chi connectivity index (χ1) is 30.3. The lowest BCUT2D eigenvalue weighted by Gasteiger charge is -2.26. The number of hydrogen-bond acceptors (Lipinski definition) is 10. The molecule has 4 aromatic carbocycles. The van der Waals surface area contributed by atoms with Crippen LogP contribution in [0.2, 0.25) is 0 Å². The van der Waals surface area contributed by atoms with Crippen molar-refractivity contribution in [3.8, 4) is 11.5 Å². The average Bonchev–Trinajstić information content (AvgIpc) is 3.96. The van der Waals surface area contributed by atoms with Gasteiger partial charge in [0.05, 0.1) is 42.6 Å². The number of rotatable bonds is 9.